The molecule has 1 aromatic carbocycles. The molecule has 0 fully saturated rings. The summed E-state index contributed by atoms with van der Waals surface area (Å²) in [6.45, 7) is 8.01. The highest BCUT2D eigenvalue weighted by Crippen LogP contribution is 2.24. The molecule has 4 nitrogen and oxygen atoms in total. The van der Waals surface area contributed by atoms with E-state index in [9.17, 15) is 8.42 Å². The zero-order valence-electron chi connectivity index (χ0n) is 12.6. The van der Waals surface area contributed by atoms with E-state index in [1.807, 2.05) is 26.8 Å². The Morgan fingerprint density at radius 3 is 2.33 bits per heavy atom. The second kappa shape index (κ2) is 5.79. The Hall–Kier alpha value is -1.37. The first-order valence-electron chi connectivity index (χ1n) is 6.63. The lowest BCUT2D eigenvalue weighted by Gasteiger charge is -2.11. The number of nitrogen functional groups attached to an aromatic ring is 1. The van der Waals surface area contributed by atoms with Crippen LogP contribution in [0, 0.1) is 27.7 Å². The van der Waals surface area contributed by atoms with Crippen LogP contribution in [-0.2, 0) is 16.6 Å². The SMILES string of the molecule is Cc1cc(CNS(=O)(=O)c2cc(N)cc(C)c2C)sc1C. The zero-order chi connectivity index (χ0) is 15.8. The summed E-state index contributed by atoms with van der Waals surface area (Å²) >= 11 is 1.61. The maximum Gasteiger partial charge on any atom is 0.241 e. The maximum absolute atomic E-state index is 12.5. The molecule has 0 radical (unpaired) electrons. The topological polar surface area (TPSA) is 72.2 Å². The number of nitrogens with one attached hydrogen (secondary N) is 1. The number of thiophene rings is 1. The van der Waals surface area contributed by atoms with Gasteiger partial charge in [-0.2, -0.15) is 0 Å². The summed E-state index contributed by atoms with van der Waals surface area (Å²) < 4.78 is 27.6. The fraction of sp³-hybridized carbons (Fsp3) is 0.333. The van der Waals surface area contributed by atoms with Crippen LogP contribution >= 0.6 is 11.3 Å². The highest BCUT2D eigenvalue weighted by Gasteiger charge is 2.18. The molecule has 0 aliphatic carbocycles. The van der Waals surface area contributed by atoms with E-state index in [0.717, 1.165) is 16.0 Å². The van der Waals surface area contributed by atoms with Crippen LogP contribution in [0.1, 0.15) is 26.4 Å². The molecule has 0 spiro atoms. The maximum atomic E-state index is 12.5. The molecule has 0 unspecified atom stereocenters. The molecule has 1 aromatic heterocycles. The highest BCUT2D eigenvalue weighted by molar-refractivity contribution is 7.89. The van der Waals surface area contributed by atoms with Gasteiger partial charge in [0.05, 0.1) is 4.90 Å². The van der Waals surface area contributed by atoms with Crippen LogP contribution in [-0.4, -0.2) is 8.42 Å². The van der Waals surface area contributed by atoms with Gasteiger partial charge in [0, 0.05) is 22.0 Å². The van der Waals surface area contributed by atoms with Crippen molar-refractivity contribution >= 4 is 27.0 Å². The highest BCUT2D eigenvalue weighted by atomic mass is 32.2. The Kier molecular flexibility index (Phi) is 4.41. The molecule has 3 N–H and O–H groups in total. The van der Waals surface area contributed by atoms with Crippen molar-refractivity contribution in [2.45, 2.75) is 39.1 Å². The van der Waals surface area contributed by atoms with Crippen LogP contribution < -0.4 is 10.5 Å². The number of nitrogens with two attached hydrogens (primary N) is 1. The van der Waals surface area contributed by atoms with E-state index in [2.05, 4.69) is 4.72 Å². The predicted octanol–water partition coefficient (Wildman–Crippen LogP) is 3.04. The first-order valence-corrected chi connectivity index (χ1v) is 8.93. The number of benzene rings is 1. The van der Waals surface area contributed by atoms with E-state index in [0.29, 0.717) is 12.2 Å². The molecule has 21 heavy (non-hydrogen) atoms. The van der Waals surface area contributed by atoms with Crippen LogP contribution in [0.5, 0.6) is 0 Å². The number of hydrogen-bond acceptors (Lipinski definition) is 4. The third-order valence-electron chi connectivity index (χ3n) is 3.58. The summed E-state index contributed by atoms with van der Waals surface area (Å²) in [5.74, 6) is 0. The van der Waals surface area contributed by atoms with Crippen LogP contribution in [0.4, 0.5) is 5.69 Å². The first kappa shape index (κ1) is 16.0. The van der Waals surface area contributed by atoms with E-state index in [1.165, 1.54) is 16.5 Å². The Bertz CT molecular complexity index is 758. The molecule has 0 atom stereocenters. The van der Waals surface area contributed by atoms with Gasteiger partial charge in [0.15, 0.2) is 0 Å². The quantitative estimate of drug-likeness (QED) is 0.849. The number of sulfonamides is 1. The molecule has 6 heteroatoms. The van der Waals surface area contributed by atoms with Crippen molar-refractivity contribution in [3.8, 4) is 0 Å². The lowest BCUT2D eigenvalue weighted by Crippen LogP contribution is -2.24. The van der Waals surface area contributed by atoms with Crippen LogP contribution in [0.3, 0.4) is 0 Å². The average Bonchev–Trinajstić information content (AvgIpc) is 2.71. The Morgan fingerprint density at radius 2 is 1.76 bits per heavy atom. The van der Waals surface area contributed by atoms with Crippen LogP contribution in [0.2, 0.25) is 0 Å². The molecular weight excluding hydrogens is 304 g/mol. The summed E-state index contributed by atoms with van der Waals surface area (Å²) in [5, 5.41) is 0. The van der Waals surface area contributed by atoms with Crippen molar-refractivity contribution in [3.05, 3.63) is 44.6 Å². The molecular formula is C15H20N2O2S2. The van der Waals surface area contributed by atoms with Crippen molar-refractivity contribution in [1.82, 2.24) is 4.72 Å². The summed E-state index contributed by atoms with van der Waals surface area (Å²) in [4.78, 5) is 2.47. The number of anilines is 1. The lowest BCUT2D eigenvalue weighted by molar-refractivity contribution is 0.581. The van der Waals surface area contributed by atoms with Crippen molar-refractivity contribution in [3.63, 3.8) is 0 Å². The van der Waals surface area contributed by atoms with Crippen molar-refractivity contribution in [1.29, 1.82) is 0 Å². The molecule has 0 amide bonds. The molecule has 0 saturated heterocycles. The molecule has 1 heterocycles. The van der Waals surface area contributed by atoms with E-state index in [4.69, 9.17) is 5.73 Å². The van der Waals surface area contributed by atoms with Gasteiger partial charge < -0.3 is 5.73 Å². The fourth-order valence-electron chi connectivity index (χ4n) is 2.11. The summed E-state index contributed by atoms with van der Waals surface area (Å²) in [6.07, 6.45) is 0. The lowest BCUT2D eigenvalue weighted by atomic mass is 10.1. The monoisotopic (exact) mass is 324 g/mol. The minimum absolute atomic E-state index is 0.255. The van der Waals surface area contributed by atoms with E-state index >= 15 is 0 Å². The minimum Gasteiger partial charge on any atom is -0.399 e. The van der Waals surface area contributed by atoms with E-state index in [1.54, 1.807) is 24.3 Å². The van der Waals surface area contributed by atoms with Gasteiger partial charge in [-0.3, -0.25) is 0 Å². The van der Waals surface area contributed by atoms with E-state index < -0.39 is 10.0 Å². The second-order valence-electron chi connectivity index (χ2n) is 5.24. The third-order valence-corrected chi connectivity index (χ3v) is 6.26. The Labute approximate surface area is 130 Å². The molecule has 114 valence electrons. The largest absolute Gasteiger partial charge is 0.399 e. The second-order valence-corrected chi connectivity index (χ2v) is 8.31. The molecule has 0 bridgehead atoms. The smallest absolute Gasteiger partial charge is 0.241 e. The molecule has 2 aromatic rings. The fourth-order valence-corrected chi connectivity index (χ4v) is 4.55. The van der Waals surface area contributed by atoms with E-state index in [-0.39, 0.29) is 4.90 Å². The molecule has 0 saturated carbocycles. The van der Waals surface area contributed by atoms with Gasteiger partial charge in [-0.1, -0.05) is 0 Å². The standard InChI is InChI=1S/C15H20N2O2S2/c1-9-5-13(16)7-15(11(9)3)21(18,19)17-8-14-6-10(2)12(4)20-14/h5-7,17H,8,16H2,1-4H3. The van der Waals surface area contributed by atoms with Crippen molar-refractivity contribution < 1.29 is 8.42 Å². The number of hydrogen-bond donors (Lipinski definition) is 2. The third kappa shape index (κ3) is 3.45. The Balaban J connectivity index is 2.27. The van der Waals surface area contributed by atoms with Crippen LogP contribution in [0.15, 0.2) is 23.1 Å². The average molecular weight is 324 g/mol. The summed E-state index contributed by atoms with van der Waals surface area (Å²) in [7, 11) is -3.56. The normalized spacial score (nSPS) is 11.8. The predicted molar refractivity (Wildman–Crippen MR) is 88.1 cm³/mol. The summed E-state index contributed by atoms with van der Waals surface area (Å²) in [5.41, 5.74) is 9.02. The minimum atomic E-state index is -3.56. The molecule has 0 aliphatic heterocycles. The number of rotatable bonds is 4. The molecule has 0 aliphatic rings. The van der Waals surface area contributed by atoms with Gasteiger partial charge in [-0.25, -0.2) is 13.1 Å². The summed E-state index contributed by atoms with van der Waals surface area (Å²) in [6, 6.07) is 5.30. The van der Waals surface area contributed by atoms with Gasteiger partial charge >= 0.3 is 0 Å². The van der Waals surface area contributed by atoms with Gasteiger partial charge in [-0.05, 0) is 62.6 Å². The van der Waals surface area contributed by atoms with Gasteiger partial charge in [0.2, 0.25) is 10.0 Å². The number of aryl methyl sites for hydroxylation is 3. The molecule has 2 rings (SSSR count). The van der Waals surface area contributed by atoms with Crippen molar-refractivity contribution in [2.24, 2.45) is 0 Å². The zero-order valence-corrected chi connectivity index (χ0v) is 14.3. The van der Waals surface area contributed by atoms with Gasteiger partial charge in [0.25, 0.3) is 0 Å². The Morgan fingerprint density at radius 1 is 1.10 bits per heavy atom. The van der Waals surface area contributed by atoms with Gasteiger partial charge in [0.1, 0.15) is 0 Å². The van der Waals surface area contributed by atoms with Crippen LogP contribution in [0.25, 0.3) is 0 Å². The first-order chi connectivity index (χ1) is 9.70. The van der Waals surface area contributed by atoms with Gasteiger partial charge in [-0.15, -0.1) is 11.3 Å². The van der Waals surface area contributed by atoms with Crippen molar-refractivity contribution in [2.75, 3.05) is 5.73 Å².